The quantitative estimate of drug-likeness (QED) is 0.276. The largest absolute Gasteiger partial charge is 0.459 e. The molecule has 0 spiro atoms. The molecule has 0 bridgehead atoms. The minimum Gasteiger partial charge on any atom is -0.459 e. The Bertz CT molecular complexity index is 1410. The maximum atomic E-state index is 13.2. The van der Waals surface area contributed by atoms with Gasteiger partial charge in [-0.05, 0) is 102 Å². The molecule has 3 aromatic heterocycles. The molecule has 0 unspecified atom stereocenters. The molecule has 3 heterocycles. The van der Waals surface area contributed by atoms with E-state index in [9.17, 15) is 19.2 Å². The number of anilines is 2. The van der Waals surface area contributed by atoms with Crippen molar-refractivity contribution in [3.8, 4) is 0 Å². The molecule has 11 heteroatoms. The van der Waals surface area contributed by atoms with E-state index in [4.69, 9.17) is 9.47 Å². The van der Waals surface area contributed by atoms with E-state index in [0.29, 0.717) is 21.1 Å². The number of esters is 2. The lowest BCUT2D eigenvalue weighted by Gasteiger charge is -2.14. The van der Waals surface area contributed by atoms with Crippen LogP contribution in [0.5, 0.6) is 0 Å². The van der Waals surface area contributed by atoms with E-state index in [1.807, 2.05) is 0 Å². The van der Waals surface area contributed by atoms with Gasteiger partial charge in [0.15, 0.2) is 0 Å². The van der Waals surface area contributed by atoms with Crippen molar-refractivity contribution in [2.45, 2.75) is 91.3 Å². The topological polar surface area (TPSA) is 124 Å². The van der Waals surface area contributed by atoms with Gasteiger partial charge in [-0.1, -0.05) is 0 Å². The fourth-order valence-corrected chi connectivity index (χ4v) is 7.84. The van der Waals surface area contributed by atoms with Gasteiger partial charge in [-0.2, -0.15) is 0 Å². The van der Waals surface area contributed by atoms with E-state index in [-0.39, 0.29) is 23.5 Å². The first-order valence-electron chi connectivity index (χ1n) is 14.4. The normalized spacial score (nSPS) is 14.2. The summed E-state index contributed by atoms with van der Waals surface area (Å²) in [5.41, 5.74) is 3.13. The number of nitrogens with zero attached hydrogens (tertiary/aromatic N) is 1. The van der Waals surface area contributed by atoms with Crippen LogP contribution in [0.15, 0.2) is 18.3 Å². The van der Waals surface area contributed by atoms with E-state index in [0.717, 1.165) is 72.2 Å². The van der Waals surface area contributed by atoms with Crippen molar-refractivity contribution in [1.29, 1.82) is 0 Å². The second-order valence-corrected chi connectivity index (χ2v) is 13.3. The van der Waals surface area contributed by atoms with Crippen LogP contribution < -0.4 is 10.6 Å². The van der Waals surface area contributed by atoms with E-state index in [2.05, 4.69) is 15.6 Å². The molecule has 3 aromatic rings. The number of rotatable bonds is 8. The summed E-state index contributed by atoms with van der Waals surface area (Å²) in [4.78, 5) is 58.6. The van der Waals surface area contributed by atoms with Gasteiger partial charge in [0.05, 0.1) is 28.9 Å². The van der Waals surface area contributed by atoms with Crippen LogP contribution in [0.4, 0.5) is 10.0 Å². The Labute approximate surface area is 253 Å². The molecule has 0 aliphatic heterocycles. The molecular weight excluding hydrogens is 574 g/mol. The van der Waals surface area contributed by atoms with E-state index >= 15 is 0 Å². The molecule has 0 radical (unpaired) electrons. The Morgan fingerprint density at radius 3 is 1.64 bits per heavy atom. The first-order chi connectivity index (χ1) is 20.1. The number of ether oxygens (including phenoxy) is 2. The molecule has 0 fully saturated rings. The van der Waals surface area contributed by atoms with Crippen LogP contribution in [0, 0.1) is 0 Å². The van der Waals surface area contributed by atoms with Gasteiger partial charge in [-0.3, -0.25) is 14.6 Å². The molecule has 222 valence electrons. The summed E-state index contributed by atoms with van der Waals surface area (Å²) >= 11 is 2.82. The molecule has 0 saturated heterocycles. The predicted molar refractivity (Wildman–Crippen MR) is 163 cm³/mol. The summed E-state index contributed by atoms with van der Waals surface area (Å²) in [7, 11) is 0. The summed E-state index contributed by atoms with van der Waals surface area (Å²) in [6, 6.07) is 2.99. The Morgan fingerprint density at radius 2 is 1.19 bits per heavy atom. The molecule has 0 aromatic carbocycles. The third-order valence-corrected chi connectivity index (χ3v) is 9.56. The van der Waals surface area contributed by atoms with Crippen LogP contribution in [0.3, 0.4) is 0 Å². The Hall–Kier alpha value is -3.57. The minimum absolute atomic E-state index is 0.105. The zero-order valence-electron chi connectivity index (χ0n) is 24.3. The molecule has 2 aliphatic rings. The van der Waals surface area contributed by atoms with Gasteiger partial charge in [0.2, 0.25) is 0 Å². The van der Waals surface area contributed by atoms with Crippen LogP contribution in [0.2, 0.25) is 0 Å². The number of hydrogen-bond acceptors (Lipinski definition) is 9. The van der Waals surface area contributed by atoms with Crippen molar-refractivity contribution in [1.82, 2.24) is 4.98 Å². The van der Waals surface area contributed by atoms with Crippen LogP contribution in [-0.4, -0.2) is 40.9 Å². The van der Waals surface area contributed by atoms with Crippen molar-refractivity contribution in [3.05, 3.63) is 61.6 Å². The average molecular weight is 610 g/mol. The number of carbonyl (C=O) groups is 4. The molecule has 5 rings (SSSR count). The SMILES string of the molecule is CC(C)OC(=O)c1c(NC(=O)c2ccc(C(=O)Nc3sc4c(c3C(=O)OC(C)C)CCCC4)nc2)sc2c1CCCC2. The first-order valence-corrected chi connectivity index (χ1v) is 16.1. The molecule has 42 heavy (non-hydrogen) atoms. The van der Waals surface area contributed by atoms with Gasteiger partial charge in [0.25, 0.3) is 11.8 Å². The number of thiophene rings is 2. The highest BCUT2D eigenvalue weighted by Crippen LogP contribution is 2.40. The van der Waals surface area contributed by atoms with Crippen LogP contribution >= 0.6 is 22.7 Å². The Balaban J connectivity index is 1.32. The standard InChI is InChI=1S/C31H35N3O6S2/c1-16(2)39-30(37)24-19-9-5-7-11-22(19)41-28(24)33-26(35)18-13-14-21(32-15-18)27(36)34-29-25(31(38)40-17(3)4)20-10-6-8-12-23(20)42-29/h13-17H,5-12H2,1-4H3,(H,33,35)(H,34,36). The van der Waals surface area contributed by atoms with Crippen molar-refractivity contribution in [3.63, 3.8) is 0 Å². The number of pyridine rings is 1. The number of nitrogens with one attached hydrogen (secondary N) is 2. The number of fused-ring (bicyclic) bond motifs is 2. The third-order valence-electron chi connectivity index (χ3n) is 7.15. The minimum atomic E-state index is -0.483. The summed E-state index contributed by atoms with van der Waals surface area (Å²) < 4.78 is 11.0. The predicted octanol–water partition coefficient (Wildman–Crippen LogP) is 6.60. The fourth-order valence-electron chi connectivity index (χ4n) is 5.29. The van der Waals surface area contributed by atoms with Gasteiger partial charge < -0.3 is 20.1 Å². The highest BCUT2D eigenvalue weighted by Gasteiger charge is 2.30. The molecular formula is C31H35N3O6S2. The van der Waals surface area contributed by atoms with Gasteiger partial charge in [0, 0.05) is 16.0 Å². The monoisotopic (exact) mass is 609 g/mol. The smallest absolute Gasteiger partial charge is 0.341 e. The summed E-state index contributed by atoms with van der Waals surface area (Å²) in [6.07, 6.45) is 8.11. The number of hydrogen-bond donors (Lipinski definition) is 2. The highest BCUT2D eigenvalue weighted by atomic mass is 32.1. The zero-order valence-corrected chi connectivity index (χ0v) is 25.9. The first kappa shape index (κ1) is 29.9. The summed E-state index contributed by atoms with van der Waals surface area (Å²) in [6.45, 7) is 7.18. The van der Waals surface area contributed by atoms with Gasteiger partial charge in [-0.15, -0.1) is 22.7 Å². The van der Waals surface area contributed by atoms with E-state index < -0.39 is 23.8 Å². The number of aryl methyl sites for hydroxylation is 2. The lowest BCUT2D eigenvalue weighted by molar-refractivity contribution is 0.0367. The number of amides is 2. The lowest BCUT2D eigenvalue weighted by atomic mass is 9.95. The van der Waals surface area contributed by atoms with Crippen molar-refractivity contribution >= 4 is 56.4 Å². The van der Waals surface area contributed by atoms with Crippen molar-refractivity contribution < 1.29 is 28.7 Å². The van der Waals surface area contributed by atoms with Crippen LogP contribution in [-0.2, 0) is 35.2 Å². The summed E-state index contributed by atoms with van der Waals surface area (Å²) in [5.74, 6) is -1.79. The van der Waals surface area contributed by atoms with Crippen LogP contribution in [0.1, 0.15) is 116 Å². The molecule has 9 nitrogen and oxygen atoms in total. The molecule has 0 saturated carbocycles. The lowest BCUT2D eigenvalue weighted by Crippen LogP contribution is -2.19. The molecule has 2 N–H and O–H groups in total. The number of aromatic nitrogens is 1. The maximum absolute atomic E-state index is 13.2. The van der Waals surface area contributed by atoms with Gasteiger partial charge in [0.1, 0.15) is 15.7 Å². The van der Waals surface area contributed by atoms with E-state index in [1.54, 1.807) is 27.7 Å². The maximum Gasteiger partial charge on any atom is 0.341 e. The average Bonchev–Trinajstić information content (AvgIpc) is 3.49. The Morgan fingerprint density at radius 1 is 0.714 bits per heavy atom. The van der Waals surface area contributed by atoms with Crippen molar-refractivity contribution in [2.75, 3.05) is 10.6 Å². The second kappa shape index (κ2) is 12.7. The zero-order chi connectivity index (χ0) is 30.0. The fraction of sp³-hybridized carbons (Fsp3) is 0.452. The highest BCUT2D eigenvalue weighted by molar-refractivity contribution is 7.17. The molecule has 0 atom stereocenters. The Kier molecular flexibility index (Phi) is 9.08. The second-order valence-electron chi connectivity index (χ2n) is 11.1. The summed E-state index contributed by atoms with van der Waals surface area (Å²) in [5, 5.41) is 6.67. The number of carbonyl (C=O) groups excluding carboxylic acids is 4. The van der Waals surface area contributed by atoms with Crippen molar-refractivity contribution in [2.24, 2.45) is 0 Å². The van der Waals surface area contributed by atoms with Gasteiger partial charge >= 0.3 is 11.9 Å². The van der Waals surface area contributed by atoms with Crippen LogP contribution in [0.25, 0.3) is 0 Å². The third kappa shape index (κ3) is 6.42. The molecule has 2 amide bonds. The van der Waals surface area contributed by atoms with Gasteiger partial charge in [-0.25, -0.2) is 9.59 Å². The van der Waals surface area contributed by atoms with E-state index in [1.165, 1.54) is 41.0 Å². The molecule has 2 aliphatic carbocycles.